The number of aromatic nitrogens is 1. The molecular weight excluding hydrogens is 270 g/mol. The molecule has 19 heavy (non-hydrogen) atoms. The van der Waals surface area contributed by atoms with E-state index in [0.29, 0.717) is 12.5 Å². The Labute approximate surface area is 116 Å². The van der Waals surface area contributed by atoms with E-state index in [9.17, 15) is 10.1 Å². The second-order valence-electron chi connectivity index (χ2n) is 4.51. The van der Waals surface area contributed by atoms with Gasteiger partial charge in [0.25, 0.3) is 0 Å². The highest BCUT2D eigenvalue weighted by Gasteiger charge is 2.27. The number of rotatable bonds is 5. The van der Waals surface area contributed by atoms with E-state index >= 15 is 0 Å². The van der Waals surface area contributed by atoms with E-state index in [1.807, 2.05) is 0 Å². The first kappa shape index (κ1) is 14.0. The van der Waals surface area contributed by atoms with Gasteiger partial charge in [0.15, 0.2) is 0 Å². The van der Waals surface area contributed by atoms with Crippen LogP contribution in [0.5, 0.6) is 0 Å². The molecule has 0 aromatic carbocycles. The van der Waals surface area contributed by atoms with Crippen molar-refractivity contribution in [2.24, 2.45) is 5.92 Å². The second kappa shape index (κ2) is 6.16. The molecule has 1 N–H and O–H groups in total. The van der Waals surface area contributed by atoms with Crippen molar-refractivity contribution in [3.05, 3.63) is 27.4 Å². The zero-order chi connectivity index (χ0) is 13.8. The van der Waals surface area contributed by atoms with Gasteiger partial charge in [0, 0.05) is 25.1 Å². The highest BCUT2D eigenvalue weighted by atomic mass is 35.5. The van der Waals surface area contributed by atoms with Gasteiger partial charge in [-0.15, -0.1) is 0 Å². The summed E-state index contributed by atoms with van der Waals surface area (Å²) in [4.78, 5) is 14.4. The van der Waals surface area contributed by atoms with Crippen molar-refractivity contribution in [2.45, 2.75) is 25.9 Å². The van der Waals surface area contributed by atoms with Crippen molar-refractivity contribution < 1.29 is 9.66 Å². The van der Waals surface area contributed by atoms with Crippen LogP contribution in [0.2, 0.25) is 5.15 Å². The van der Waals surface area contributed by atoms with E-state index in [2.05, 4.69) is 17.2 Å². The fourth-order valence-electron chi connectivity index (χ4n) is 2.31. The Morgan fingerprint density at radius 1 is 1.63 bits per heavy atom. The molecule has 2 atom stereocenters. The van der Waals surface area contributed by atoms with Crippen molar-refractivity contribution in [1.29, 1.82) is 0 Å². The van der Waals surface area contributed by atoms with Crippen LogP contribution in [0.3, 0.4) is 0 Å². The van der Waals surface area contributed by atoms with Gasteiger partial charge >= 0.3 is 5.69 Å². The number of hydrogen-bond acceptors (Lipinski definition) is 5. The van der Waals surface area contributed by atoms with Crippen LogP contribution in [0.15, 0.2) is 12.1 Å². The molecule has 1 fully saturated rings. The Kier molecular flexibility index (Phi) is 4.55. The van der Waals surface area contributed by atoms with Crippen LogP contribution in [0, 0.1) is 16.0 Å². The monoisotopic (exact) mass is 285 g/mol. The number of nitro groups is 1. The van der Waals surface area contributed by atoms with E-state index in [4.69, 9.17) is 16.3 Å². The number of nitrogens with one attached hydrogen (secondary N) is 1. The summed E-state index contributed by atoms with van der Waals surface area (Å²) in [5.74, 6) is 0.574. The Hall–Kier alpha value is -1.40. The lowest BCUT2D eigenvalue weighted by Gasteiger charge is -2.17. The maximum absolute atomic E-state index is 10.9. The first-order chi connectivity index (χ1) is 9.11. The highest BCUT2D eigenvalue weighted by Crippen LogP contribution is 2.27. The summed E-state index contributed by atoms with van der Waals surface area (Å²) in [5.41, 5.74) is -0.0589. The summed E-state index contributed by atoms with van der Waals surface area (Å²) >= 11 is 5.77. The Bertz CT molecular complexity index is 470. The molecule has 1 aliphatic heterocycles. The Morgan fingerprint density at radius 2 is 2.42 bits per heavy atom. The third-order valence-electron chi connectivity index (χ3n) is 3.32. The fourth-order valence-corrected chi connectivity index (χ4v) is 2.46. The molecule has 7 heteroatoms. The van der Waals surface area contributed by atoms with Crippen molar-refractivity contribution in [3.8, 4) is 0 Å². The number of ether oxygens (including phenoxy) is 1. The van der Waals surface area contributed by atoms with Crippen LogP contribution in [-0.2, 0) is 4.74 Å². The third-order valence-corrected chi connectivity index (χ3v) is 3.53. The van der Waals surface area contributed by atoms with E-state index in [-0.39, 0.29) is 22.8 Å². The van der Waals surface area contributed by atoms with E-state index in [0.717, 1.165) is 19.4 Å². The number of hydrogen-bond donors (Lipinski definition) is 1. The van der Waals surface area contributed by atoms with Crippen molar-refractivity contribution >= 4 is 23.1 Å². The van der Waals surface area contributed by atoms with Gasteiger partial charge in [-0.2, -0.15) is 0 Å². The lowest BCUT2D eigenvalue weighted by Crippen LogP contribution is -2.23. The summed E-state index contributed by atoms with van der Waals surface area (Å²) in [6.45, 7) is 3.42. The second-order valence-corrected chi connectivity index (χ2v) is 4.89. The topological polar surface area (TPSA) is 77.3 Å². The quantitative estimate of drug-likeness (QED) is 0.511. The van der Waals surface area contributed by atoms with Crippen LogP contribution >= 0.6 is 11.6 Å². The summed E-state index contributed by atoms with van der Waals surface area (Å²) in [6.07, 6.45) is 2.11. The molecule has 2 unspecified atom stereocenters. The zero-order valence-electron chi connectivity index (χ0n) is 10.6. The van der Waals surface area contributed by atoms with Gasteiger partial charge in [0.2, 0.25) is 5.82 Å². The molecule has 0 spiro atoms. The maximum Gasteiger partial charge on any atom is 0.311 e. The molecule has 0 saturated carbocycles. The maximum atomic E-state index is 10.9. The largest absolute Gasteiger partial charge is 0.378 e. The molecular formula is C12H16ClN3O3. The third kappa shape index (κ3) is 3.33. The van der Waals surface area contributed by atoms with E-state index in [1.165, 1.54) is 12.1 Å². The average Bonchev–Trinajstić information content (AvgIpc) is 2.83. The molecule has 0 amide bonds. The van der Waals surface area contributed by atoms with Gasteiger partial charge in [0.1, 0.15) is 5.15 Å². The van der Waals surface area contributed by atoms with Crippen molar-refractivity contribution in [3.63, 3.8) is 0 Å². The normalized spacial score (nSPS) is 22.4. The Morgan fingerprint density at radius 3 is 3.11 bits per heavy atom. The lowest BCUT2D eigenvalue weighted by molar-refractivity contribution is -0.384. The van der Waals surface area contributed by atoms with Gasteiger partial charge in [0.05, 0.1) is 11.0 Å². The summed E-state index contributed by atoms with van der Waals surface area (Å²) in [7, 11) is 0. The smallest absolute Gasteiger partial charge is 0.311 e. The molecule has 0 radical (unpaired) electrons. The minimum absolute atomic E-state index is 0.0589. The molecule has 0 aliphatic carbocycles. The fraction of sp³-hybridized carbons (Fsp3) is 0.583. The number of anilines is 1. The molecule has 104 valence electrons. The minimum Gasteiger partial charge on any atom is -0.378 e. The molecule has 1 saturated heterocycles. The van der Waals surface area contributed by atoms with Crippen molar-refractivity contribution in [2.75, 3.05) is 18.5 Å². The van der Waals surface area contributed by atoms with Gasteiger partial charge in [-0.05, 0) is 18.9 Å². The van der Waals surface area contributed by atoms with Gasteiger partial charge < -0.3 is 10.1 Å². The van der Waals surface area contributed by atoms with Gasteiger partial charge in [-0.1, -0.05) is 18.5 Å². The molecule has 6 nitrogen and oxygen atoms in total. The number of nitrogens with zero attached hydrogens (tertiary/aromatic N) is 2. The average molecular weight is 286 g/mol. The minimum atomic E-state index is -0.464. The van der Waals surface area contributed by atoms with Crippen molar-refractivity contribution in [1.82, 2.24) is 4.98 Å². The molecule has 1 aromatic heterocycles. The predicted octanol–water partition coefficient (Wildman–Crippen LogP) is 2.87. The predicted molar refractivity (Wildman–Crippen MR) is 72.5 cm³/mol. The zero-order valence-corrected chi connectivity index (χ0v) is 11.4. The molecule has 2 rings (SSSR count). The number of pyridine rings is 1. The lowest BCUT2D eigenvalue weighted by atomic mass is 10.00. The van der Waals surface area contributed by atoms with Gasteiger partial charge in [-0.3, -0.25) is 10.1 Å². The molecule has 1 aromatic rings. The van der Waals surface area contributed by atoms with Crippen LogP contribution in [0.25, 0.3) is 0 Å². The van der Waals surface area contributed by atoms with Crippen LogP contribution in [-0.4, -0.2) is 29.2 Å². The molecule has 2 heterocycles. The van der Waals surface area contributed by atoms with Crippen LogP contribution < -0.4 is 5.32 Å². The van der Waals surface area contributed by atoms with E-state index < -0.39 is 4.92 Å². The summed E-state index contributed by atoms with van der Waals surface area (Å²) < 4.78 is 5.58. The summed E-state index contributed by atoms with van der Waals surface area (Å²) in [6, 6.07) is 2.78. The molecule has 0 bridgehead atoms. The summed E-state index contributed by atoms with van der Waals surface area (Å²) in [5, 5.41) is 14.2. The van der Waals surface area contributed by atoms with Crippen LogP contribution in [0.4, 0.5) is 11.5 Å². The standard InChI is InChI=1S/C12H16ClN3O3/c1-2-10-8(5-6-19-10)7-14-12-9(16(17)18)3-4-11(13)15-12/h3-4,8,10H,2,5-7H2,1H3,(H,14,15). The SMILES string of the molecule is CCC1OCCC1CNc1nc(Cl)ccc1[N+](=O)[O-]. The first-order valence-corrected chi connectivity index (χ1v) is 6.66. The number of halogens is 1. The van der Waals surface area contributed by atoms with E-state index in [1.54, 1.807) is 0 Å². The Balaban J connectivity index is 2.06. The first-order valence-electron chi connectivity index (χ1n) is 6.28. The highest BCUT2D eigenvalue weighted by molar-refractivity contribution is 6.29. The molecule has 1 aliphatic rings. The van der Waals surface area contributed by atoms with Crippen LogP contribution in [0.1, 0.15) is 19.8 Å². The van der Waals surface area contributed by atoms with Gasteiger partial charge in [-0.25, -0.2) is 4.98 Å².